The van der Waals surface area contributed by atoms with Gasteiger partial charge in [-0.1, -0.05) is 17.7 Å². The second kappa shape index (κ2) is 8.26. The molecule has 0 fully saturated rings. The number of methoxy groups -OCH3 is 1. The van der Waals surface area contributed by atoms with Gasteiger partial charge in [-0.25, -0.2) is 9.78 Å². The van der Waals surface area contributed by atoms with Gasteiger partial charge < -0.3 is 20.5 Å². The van der Waals surface area contributed by atoms with Gasteiger partial charge in [0.1, 0.15) is 17.4 Å². The Kier molecular flexibility index (Phi) is 6.08. The minimum absolute atomic E-state index is 0.189. The van der Waals surface area contributed by atoms with Gasteiger partial charge in [-0.3, -0.25) is 5.32 Å². The van der Waals surface area contributed by atoms with Crippen LogP contribution in [0.5, 0.6) is 5.75 Å². The van der Waals surface area contributed by atoms with Crippen LogP contribution in [0, 0.1) is 0 Å². The van der Waals surface area contributed by atoms with Gasteiger partial charge in [-0.05, 0) is 36.8 Å². The summed E-state index contributed by atoms with van der Waals surface area (Å²) in [7, 11) is 1.59. The Morgan fingerprint density at radius 3 is 2.75 bits per heavy atom. The van der Waals surface area contributed by atoms with Crippen molar-refractivity contribution in [3.05, 3.63) is 40.9 Å². The molecule has 0 spiro atoms. The van der Waals surface area contributed by atoms with Crippen molar-refractivity contribution in [1.29, 1.82) is 0 Å². The van der Waals surface area contributed by atoms with E-state index in [-0.39, 0.29) is 12.4 Å². The van der Waals surface area contributed by atoms with Gasteiger partial charge in [0.05, 0.1) is 19.4 Å². The summed E-state index contributed by atoms with van der Waals surface area (Å²) >= 11 is 6.19. The molecule has 128 valence electrons. The zero-order chi connectivity index (χ0) is 17.5. The molecule has 1 heterocycles. The number of nitrogens with two attached hydrogens (primary N) is 1. The molecule has 1 aromatic heterocycles. The molecule has 0 saturated carbocycles. The van der Waals surface area contributed by atoms with E-state index in [0.717, 1.165) is 5.56 Å². The van der Waals surface area contributed by atoms with Crippen LogP contribution in [0.25, 0.3) is 0 Å². The van der Waals surface area contributed by atoms with Crippen LogP contribution in [-0.4, -0.2) is 24.8 Å². The predicted octanol–water partition coefficient (Wildman–Crippen LogP) is 3.51. The molecule has 1 amide bonds. The Bertz CT molecular complexity index is 724. The van der Waals surface area contributed by atoms with Gasteiger partial charge in [0.25, 0.3) is 0 Å². The standard InChI is InChI=1S/C16H19ClN4O3/c1-3-24-16(22)20-13-6-7-14(21-15(13)18)19-9-10-4-5-11(23-2)8-12(10)17/h4-8H,3,9H2,1-2H3,(H,20,22)(H3,18,19,21). The summed E-state index contributed by atoms with van der Waals surface area (Å²) in [6, 6.07) is 8.80. The maximum Gasteiger partial charge on any atom is 0.411 e. The van der Waals surface area contributed by atoms with Crippen LogP contribution < -0.4 is 21.1 Å². The first-order valence-electron chi connectivity index (χ1n) is 7.30. The minimum Gasteiger partial charge on any atom is -0.497 e. The fourth-order valence-corrected chi connectivity index (χ4v) is 2.18. The number of nitrogens with zero attached hydrogens (tertiary/aromatic N) is 1. The monoisotopic (exact) mass is 350 g/mol. The lowest BCUT2D eigenvalue weighted by molar-refractivity contribution is 0.168. The molecule has 0 saturated heterocycles. The average Bonchev–Trinajstić information content (AvgIpc) is 2.56. The zero-order valence-corrected chi connectivity index (χ0v) is 14.2. The van der Waals surface area contributed by atoms with Crippen LogP contribution in [0.4, 0.5) is 22.1 Å². The van der Waals surface area contributed by atoms with Gasteiger partial charge in [0.15, 0.2) is 0 Å². The molecular weight excluding hydrogens is 332 g/mol. The van der Waals surface area contributed by atoms with E-state index in [0.29, 0.717) is 28.8 Å². The SMILES string of the molecule is CCOC(=O)Nc1ccc(NCc2ccc(OC)cc2Cl)nc1N. The molecule has 0 bridgehead atoms. The summed E-state index contributed by atoms with van der Waals surface area (Å²) in [5, 5.41) is 6.24. The summed E-state index contributed by atoms with van der Waals surface area (Å²) in [6.45, 7) is 2.47. The first-order chi connectivity index (χ1) is 11.5. The van der Waals surface area contributed by atoms with Crippen molar-refractivity contribution >= 4 is 35.0 Å². The van der Waals surface area contributed by atoms with Crippen LogP contribution in [0.3, 0.4) is 0 Å². The van der Waals surface area contributed by atoms with Gasteiger partial charge in [0, 0.05) is 11.6 Å². The third-order valence-electron chi connectivity index (χ3n) is 3.16. The molecule has 0 atom stereocenters. The van der Waals surface area contributed by atoms with E-state index in [1.165, 1.54) is 0 Å². The second-order valence-electron chi connectivity index (χ2n) is 4.79. The molecule has 4 N–H and O–H groups in total. The van der Waals surface area contributed by atoms with Gasteiger partial charge in [-0.15, -0.1) is 0 Å². The number of rotatable bonds is 6. The van der Waals surface area contributed by atoms with Crippen LogP contribution in [0.1, 0.15) is 12.5 Å². The van der Waals surface area contributed by atoms with Crippen molar-refractivity contribution < 1.29 is 14.3 Å². The van der Waals surface area contributed by atoms with Crippen molar-refractivity contribution in [3.63, 3.8) is 0 Å². The van der Waals surface area contributed by atoms with E-state index >= 15 is 0 Å². The molecule has 2 rings (SSSR count). The number of nitrogen functional groups attached to an aromatic ring is 1. The van der Waals surface area contributed by atoms with E-state index in [1.807, 2.05) is 12.1 Å². The first-order valence-corrected chi connectivity index (χ1v) is 7.68. The van der Waals surface area contributed by atoms with Gasteiger partial charge in [0.2, 0.25) is 0 Å². The number of nitrogens with one attached hydrogen (secondary N) is 2. The molecule has 0 aliphatic carbocycles. The third kappa shape index (κ3) is 4.66. The fraction of sp³-hybridized carbons (Fsp3) is 0.250. The number of anilines is 3. The van der Waals surface area contributed by atoms with Gasteiger partial charge >= 0.3 is 6.09 Å². The Hall–Kier alpha value is -2.67. The third-order valence-corrected chi connectivity index (χ3v) is 3.51. The highest BCUT2D eigenvalue weighted by Gasteiger charge is 2.08. The lowest BCUT2D eigenvalue weighted by Gasteiger charge is -2.11. The van der Waals surface area contributed by atoms with Crippen LogP contribution >= 0.6 is 11.6 Å². The fourth-order valence-electron chi connectivity index (χ4n) is 1.94. The number of hydrogen-bond donors (Lipinski definition) is 3. The number of carbonyl (C=O) groups excluding carboxylic acids is 1. The topological polar surface area (TPSA) is 98.5 Å². The number of amides is 1. The maximum atomic E-state index is 11.4. The van der Waals surface area contributed by atoms with E-state index in [1.54, 1.807) is 32.2 Å². The number of benzene rings is 1. The summed E-state index contributed by atoms with van der Waals surface area (Å²) in [4.78, 5) is 15.6. The summed E-state index contributed by atoms with van der Waals surface area (Å²) in [6.07, 6.45) is -0.572. The average molecular weight is 351 g/mol. The van der Waals surface area contributed by atoms with Crippen molar-refractivity contribution in [3.8, 4) is 5.75 Å². The molecule has 0 aliphatic heterocycles. The molecule has 2 aromatic rings. The smallest absolute Gasteiger partial charge is 0.411 e. The molecule has 8 heteroatoms. The number of carbonyl (C=O) groups is 1. The summed E-state index contributed by atoms with van der Waals surface area (Å²) < 4.78 is 9.91. The molecule has 0 unspecified atom stereocenters. The highest BCUT2D eigenvalue weighted by atomic mass is 35.5. The Morgan fingerprint density at radius 1 is 1.33 bits per heavy atom. The van der Waals surface area contributed by atoms with Crippen molar-refractivity contribution in [2.75, 3.05) is 30.1 Å². The van der Waals surface area contributed by atoms with Gasteiger partial charge in [-0.2, -0.15) is 0 Å². The number of hydrogen-bond acceptors (Lipinski definition) is 6. The second-order valence-corrected chi connectivity index (χ2v) is 5.19. The number of halogens is 1. The molecule has 0 radical (unpaired) electrons. The van der Waals surface area contributed by atoms with Crippen LogP contribution in [-0.2, 0) is 11.3 Å². The number of aromatic nitrogens is 1. The molecular formula is C16H19ClN4O3. The van der Waals surface area contributed by atoms with Crippen molar-refractivity contribution in [2.45, 2.75) is 13.5 Å². The molecule has 0 aliphatic rings. The van der Waals surface area contributed by atoms with Crippen molar-refractivity contribution in [1.82, 2.24) is 4.98 Å². The Balaban J connectivity index is 2.01. The quantitative estimate of drug-likeness (QED) is 0.737. The Morgan fingerprint density at radius 2 is 2.12 bits per heavy atom. The first kappa shape index (κ1) is 17.7. The van der Waals surface area contributed by atoms with E-state index in [2.05, 4.69) is 15.6 Å². The maximum absolute atomic E-state index is 11.4. The van der Waals surface area contributed by atoms with E-state index in [4.69, 9.17) is 26.8 Å². The molecule has 7 nitrogen and oxygen atoms in total. The van der Waals surface area contributed by atoms with Crippen LogP contribution in [0.2, 0.25) is 5.02 Å². The number of ether oxygens (including phenoxy) is 2. The predicted molar refractivity (Wildman–Crippen MR) is 94.6 cm³/mol. The molecule has 24 heavy (non-hydrogen) atoms. The summed E-state index contributed by atoms with van der Waals surface area (Å²) in [5.41, 5.74) is 7.12. The highest BCUT2D eigenvalue weighted by Crippen LogP contribution is 2.24. The highest BCUT2D eigenvalue weighted by molar-refractivity contribution is 6.31. The lowest BCUT2D eigenvalue weighted by atomic mass is 10.2. The minimum atomic E-state index is -0.572. The Labute approximate surface area is 145 Å². The van der Waals surface area contributed by atoms with E-state index < -0.39 is 6.09 Å². The van der Waals surface area contributed by atoms with E-state index in [9.17, 15) is 4.79 Å². The normalized spacial score (nSPS) is 10.1. The number of pyridine rings is 1. The summed E-state index contributed by atoms with van der Waals surface area (Å²) in [5.74, 6) is 1.45. The van der Waals surface area contributed by atoms with Crippen LogP contribution in [0.15, 0.2) is 30.3 Å². The largest absolute Gasteiger partial charge is 0.497 e. The molecule has 1 aromatic carbocycles. The zero-order valence-electron chi connectivity index (χ0n) is 13.4. The van der Waals surface area contributed by atoms with Crippen molar-refractivity contribution in [2.24, 2.45) is 0 Å². The lowest BCUT2D eigenvalue weighted by Crippen LogP contribution is -2.15.